The maximum Gasteiger partial charge on any atom is 0.159 e. The lowest BCUT2D eigenvalue weighted by atomic mass is 9.93. The van der Waals surface area contributed by atoms with E-state index in [0.29, 0.717) is 0 Å². The van der Waals surface area contributed by atoms with Crippen molar-refractivity contribution in [2.75, 3.05) is 20.6 Å². The van der Waals surface area contributed by atoms with Crippen LogP contribution < -0.4 is 0 Å². The Balaban J connectivity index is 1.81. The number of hydrogen-bond acceptors (Lipinski definition) is 3. The van der Waals surface area contributed by atoms with Gasteiger partial charge in [-0.1, -0.05) is 67.8 Å². The lowest BCUT2D eigenvalue weighted by Gasteiger charge is -2.12. The highest BCUT2D eigenvalue weighted by Crippen LogP contribution is 2.32. The summed E-state index contributed by atoms with van der Waals surface area (Å²) in [6.45, 7) is 12.7. The van der Waals surface area contributed by atoms with Crippen LogP contribution in [-0.4, -0.2) is 45.7 Å². The van der Waals surface area contributed by atoms with Gasteiger partial charge in [0.1, 0.15) is 5.69 Å². The van der Waals surface area contributed by atoms with Crippen LogP contribution in [-0.2, 0) is 0 Å². The first kappa shape index (κ1) is 23.2. The highest BCUT2D eigenvalue weighted by atomic mass is 15.1. The predicted octanol–water partition coefficient (Wildman–Crippen LogP) is 6.49. The van der Waals surface area contributed by atoms with Crippen LogP contribution in [0.4, 0.5) is 0 Å². The third-order valence-corrected chi connectivity index (χ3v) is 5.85. The number of benzene rings is 2. The predicted molar refractivity (Wildman–Crippen MR) is 144 cm³/mol. The molecular formula is C29H31N5. The number of nitrogens with zero attached hydrogens (tertiary/aromatic N) is 3. The minimum atomic E-state index is 0.748. The van der Waals surface area contributed by atoms with Crippen molar-refractivity contribution in [3.63, 3.8) is 0 Å². The molecule has 0 fully saturated rings. The zero-order valence-electron chi connectivity index (χ0n) is 20.3. The van der Waals surface area contributed by atoms with Crippen LogP contribution in [0.15, 0.2) is 73.9 Å². The van der Waals surface area contributed by atoms with Gasteiger partial charge in [-0.3, -0.25) is 5.10 Å². The molecule has 5 heteroatoms. The molecule has 0 aliphatic carbocycles. The van der Waals surface area contributed by atoms with Crippen molar-refractivity contribution in [2.45, 2.75) is 13.8 Å². The second-order valence-corrected chi connectivity index (χ2v) is 8.55. The van der Waals surface area contributed by atoms with Crippen LogP contribution in [0.1, 0.15) is 35.0 Å². The number of H-pyrrole nitrogens is 2. The molecule has 0 unspecified atom stereocenters. The second-order valence-electron chi connectivity index (χ2n) is 8.55. The third-order valence-electron chi connectivity index (χ3n) is 5.85. The molecule has 0 bridgehead atoms. The van der Waals surface area contributed by atoms with Gasteiger partial charge >= 0.3 is 0 Å². The Morgan fingerprint density at radius 1 is 1.12 bits per heavy atom. The SMILES string of the molecule is C=C/C=C(/CN(C)C)c1nc(-c2n[nH]c3ccc(/C(=C/C)c4ccccc4C=C)cc23)[nH]c1C. The van der Waals surface area contributed by atoms with E-state index >= 15 is 0 Å². The van der Waals surface area contributed by atoms with Crippen LogP contribution in [0, 0.1) is 6.92 Å². The average Bonchev–Trinajstić information content (AvgIpc) is 3.42. The van der Waals surface area contributed by atoms with E-state index in [4.69, 9.17) is 4.98 Å². The molecule has 2 aromatic heterocycles. The Morgan fingerprint density at radius 3 is 2.62 bits per heavy atom. The van der Waals surface area contributed by atoms with Crippen LogP contribution in [0.25, 0.3) is 39.6 Å². The average molecular weight is 450 g/mol. The topological polar surface area (TPSA) is 60.6 Å². The first-order valence-electron chi connectivity index (χ1n) is 11.4. The molecule has 0 amide bonds. The molecule has 0 spiro atoms. The van der Waals surface area contributed by atoms with Gasteiger partial charge in [-0.05, 0) is 67.9 Å². The number of imidazole rings is 1. The zero-order valence-corrected chi connectivity index (χ0v) is 20.3. The Kier molecular flexibility index (Phi) is 6.75. The van der Waals surface area contributed by atoms with E-state index in [-0.39, 0.29) is 0 Å². The minimum absolute atomic E-state index is 0.748. The molecule has 0 atom stereocenters. The quantitative estimate of drug-likeness (QED) is 0.302. The molecule has 0 saturated heterocycles. The number of aromatic nitrogens is 4. The van der Waals surface area contributed by atoms with Crippen molar-refractivity contribution in [1.82, 2.24) is 25.1 Å². The van der Waals surface area contributed by atoms with Crippen LogP contribution in [0.5, 0.6) is 0 Å². The largest absolute Gasteiger partial charge is 0.340 e. The Hall–Kier alpha value is -3.96. The summed E-state index contributed by atoms with van der Waals surface area (Å²) in [5, 5.41) is 8.80. The Labute approximate surface area is 201 Å². The standard InChI is InChI=1S/C29H31N5/c1-7-12-22(18-34(5)6)27-19(4)30-29(31-27)28-25-17-21(15-16-26(25)32-33-28)23(9-3)24-14-11-10-13-20(24)8-2/h7-17H,1-2,18H2,3-6H3,(H,30,31)(H,32,33)/b22-12-,23-9-. The lowest BCUT2D eigenvalue weighted by molar-refractivity contribution is 0.462. The van der Waals surface area contributed by atoms with Gasteiger partial charge in [0.25, 0.3) is 0 Å². The molecule has 0 aliphatic rings. The number of likely N-dealkylation sites (N-methyl/N-ethyl adjacent to an activating group) is 1. The second kappa shape index (κ2) is 9.89. The lowest BCUT2D eigenvalue weighted by Crippen LogP contribution is -2.15. The van der Waals surface area contributed by atoms with Crippen molar-refractivity contribution in [3.05, 3.63) is 102 Å². The molecule has 2 heterocycles. The summed E-state index contributed by atoms with van der Waals surface area (Å²) in [5.41, 5.74) is 9.37. The van der Waals surface area contributed by atoms with Crippen molar-refractivity contribution in [1.29, 1.82) is 0 Å². The first-order chi connectivity index (χ1) is 16.5. The van der Waals surface area contributed by atoms with Crippen molar-refractivity contribution in [2.24, 2.45) is 0 Å². The van der Waals surface area contributed by atoms with Crippen molar-refractivity contribution < 1.29 is 0 Å². The van der Waals surface area contributed by atoms with Crippen molar-refractivity contribution >= 4 is 28.1 Å². The number of hydrogen-bond donors (Lipinski definition) is 2. The molecule has 2 N–H and O–H groups in total. The van der Waals surface area contributed by atoms with Gasteiger partial charge in [0.2, 0.25) is 0 Å². The van der Waals surface area contributed by atoms with Crippen molar-refractivity contribution in [3.8, 4) is 11.5 Å². The number of allylic oxidation sites excluding steroid dienone is 3. The molecule has 0 saturated carbocycles. The highest BCUT2D eigenvalue weighted by molar-refractivity contribution is 5.96. The molecule has 2 aromatic carbocycles. The van der Waals surface area contributed by atoms with Crippen LogP contribution >= 0.6 is 0 Å². The number of nitrogens with one attached hydrogen (secondary N) is 2. The van der Waals surface area contributed by atoms with E-state index in [0.717, 1.165) is 68.2 Å². The maximum absolute atomic E-state index is 4.95. The van der Waals surface area contributed by atoms with Gasteiger partial charge in [-0.25, -0.2) is 4.98 Å². The third kappa shape index (κ3) is 4.43. The number of aryl methyl sites for hydroxylation is 1. The molecule has 0 radical (unpaired) electrons. The van der Waals surface area contributed by atoms with Gasteiger partial charge in [0.05, 0.1) is 11.2 Å². The summed E-state index contributed by atoms with van der Waals surface area (Å²) in [6.07, 6.45) is 7.87. The summed E-state index contributed by atoms with van der Waals surface area (Å²) in [6, 6.07) is 14.7. The molecule has 172 valence electrons. The van der Waals surface area contributed by atoms with Gasteiger partial charge < -0.3 is 9.88 Å². The molecule has 4 rings (SSSR count). The molecule has 34 heavy (non-hydrogen) atoms. The smallest absolute Gasteiger partial charge is 0.159 e. The van der Waals surface area contributed by atoms with Gasteiger partial charge in [0, 0.05) is 17.6 Å². The summed E-state index contributed by atoms with van der Waals surface area (Å²) < 4.78 is 0. The van der Waals surface area contributed by atoms with E-state index in [1.807, 2.05) is 45.3 Å². The van der Waals surface area contributed by atoms with Crippen LogP contribution in [0.2, 0.25) is 0 Å². The summed E-state index contributed by atoms with van der Waals surface area (Å²) in [4.78, 5) is 10.5. The zero-order chi connectivity index (χ0) is 24.2. The molecule has 4 aromatic rings. The first-order valence-corrected chi connectivity index (χ1v) is 11.4. The molecule has 0 aliphatic heterocycles. The van der Waals surface area contributed by atoms with Crippen LogP contribution in [0.3, 0.4) is 0 Å². The number of aromatic amines is 2. The monoisotopic (exact) mass is 449 g/mol. The summed E-state index contributed by atoms with van der Waals surface area (Å²) >= 11 is 0. The number of rotatable bonds is 8. The van der Waals surface area contributed by atoms with E-state index in [1.165, 1.54) is 0 Å². The normalized spacial score (nSPS) is 12.5. The van der Waals surface area contributed by atoms with Gasteiger partial charge in [0.15, 0.2) is 5.82 Å². The van der Waals surface area contributed by atoms with Gasteiger partial charge in [-0.15, -0.1) is 0 Å². The maximum atomic E-state index is 4.95. The van der Waals surface area contributed by atoms with E-state index in [1.54, 1.807) is 0 Å². The highest BCUT2D eigenvalue weighted by Gasteiger charge is 2.18. The fourth-order valence-electron chi connectivity index (χ4n) is 4.33. The molecular weight excluding hydrogens is 418 g/mol. The Bertz CT molecular complexity index is 1410. The van der Waals surface area contributed by atoms with Gasteiger partial charge in [-0.2, -0.15) is 5.10 Å². The minimum Gasteiger partial charge on any atom is -0.340 e. The van der Waals surface area contributed by atoms with E-state index in [9.17, 15) is 0 Å². The number of fused-ring (bicyclic) bond motifs is 1. The Morgan fingerprint density at radius 2 is 1.91 bits per heavy atom. The summed E-state index contributed by atoms with van der Waals surface area (Å²) in [7, 11) is 4.10. The summed E-state index contributed by atoms with van der Waals surface area (Å²) in [5.74, 6) is 0.748. The fraction of sp³-hybridized carbons (Fsp3) is 0.172. The fourth-order valence-corrected chi connectivity index (χ4v) is 4.33. The van der Waals surface area contributed by atoms with E-state index < -0.39 is 0 Å². The van der Waals surface area contributed by atoms with E-state index in [2.05, 4.69) is 82.6 Å². The molecule has 5 nitrogen and oxygen atoms in total.